The molecule has 136 valence electrons. The van der Waals surface area contributed by atoms with Crippen LogP contribution in [-0.4, -0.2) is 54.0 Å². The zero-order valence-electron chi connectivity index (χ0n) is 15.2. The maximum atomic E-state index is 12.6. The number of urea groups is 1. The van der Waals surface area contributed by atoms with Crippen molar-refractivity contribution < 1.29 is 9.59 Å². The second kappa shape index (κ2) is 8.37. The number of amides is 3. The van der Waals surface area contributed by atoms with Crippen LogP contribution in [0, 0.1) is 6.92 Å². The summed E-state index contributed by atoms with van der Waals surface area (Å²) in [6.45, 7) is 4.76. The maximum absolute atomic E-state index is 12.6. The van der Waals surface area contributed by atoms with Crippen molar-refractivity contribution >= 4 is 11.9 Å². The van der Waals surface area contributed by atoms with E-state index in [0.717, 1.165) is 37.9 Å². The lowest BCUT2D eigenvalue weighted by Crippen LogP contribution is -2.45. The smallest absolute Gasteiger partial charge is 0.317 e. The highest BCUT2D eigenvalue weighted by Gasteiger charge is 2.24. The number of carbonyl (C=O) groups excluding carboxylic acids is 2. The van der Waals surface area contributed by atoms with E-state index in [-0.39, 0.29) is 11.9 Å². The van der Waals surface area contributed by atoms with Gasteiger partial charge in [0.25, 0.3) is 0 Å². The molecule has 1 aromatic carbocycles. The summed E-state index contributed by atoms with van der Waals surface area (Å²) in [5.74, 6) is 0.155. The van der Waals surface area contributed by atoms with Crippen LogP contribution < -0.4 is 5.32 Å². The van der Waals surface area contributed by atoms with Crippen LogP contribution in [0.3, 0.4) is 0 Å². The van der Waals surface area contributed by atoms with E-state index >= 15 is 0 Å². The number of rotatable bonds is 3. The first-order valence-electron chi connectivity index (χ1n) is 9.50. The Labute approximate surface area is 150 Å². The van der Waals surface area contributed by atoms with Crippen LogP contribution >= 0.6 is 0 Å². The molecule has 0 unspecified atom stereocenters. The van der Waals surface area contributed by atoms with Crippen LogP contribution in [-0.2, 0) is 11.2 Å². The molecule has 2 fully saturated rings. The van der Waals surface area contributed by atoms with Crippen molar-refractivity contribution in [2.45, 2.75) is 51.5 Å². The van der Waals surface area contributed by atoms with Gasteiger partial charge in [0.2, 0.25) is 5.91 Å². The van der Waals surface area contributed by atoms with E-state index in [1.807, 2.05) is 41.0 Å². The average Bonchev–Trinajstić information content (AvgIpc) is 2.98. The molecule has 0 aromatic heterocycles. The van der Waals surface area contributed by atoms with Crippen molar-refractivity contribution in [1.82, 2.24) is 15.1 Å². The largest absolute Gasteiger partial charge is 0.341 e. The van der Waals surface area contributed by atoms with Crippen molar-refractivity contribution in [3.63, 3.8) is 0 Å². The molecule has 3 rings (SSSR count). The van der Waals surface area contributed by atoms with E-state index in [1.165, 1.54) is 18.4 Å². The van der Waals surface area contributed by atoms with Gasteiger partial charge in [0.05, 0.1) is 6.42 Å². The molecular formula is C20H29N3O2. The first-order valence-corrected chi connectivity index (χ1v) is 9.50. The van der Waals surface area contributed by atoms with E-state index in [4.69, 9.17) is 0 Å². The van der Waals surface area contributed by atoms with Crippen LogP contribution in [0.1, 0.15) is 43.2 Å². The zero-order chi connectivity index (χ0) is 17.6. The Morgan fingerprint density at radius 2 is 1.60 bits per heavy atom. The summed E-state index contributed by atoms with van der Waals surface area (Å²) >= 11 is 0. The first-order chi connectivity index (χ1) is 12.1. The van der Waals surface area contributed by atoms with Crippen LogP contribution in [0.5, 0.6) is 0 Å². The fraction of sp³-hybridized carbons (Fsp3) is 0.600. The first kappa shape index (κ1) is 17.8. The summed E-state index contributed by atoms with van der Waals surface area (Å²) < 4.78 is 0. The highest BCUT2D eigenvalue weighted by Crippen LogP contribution is 2.18. The molecule has 5 heteroatoms. The molecule has 25 heavy (non-hydrogen) atoms. The SMILES string of the molecule is Cc1ccc(CC(=O)N2CCCN(C(=O)NC3CCCC3)CC2)cc1. The molecule has 1 heterocycles. The fourth-order valence-corrected chi connectivity index (χ4v) is 3.70. The van der Waals surface area contributed by atoms with Gasteiger partial charge in [0, 0.05) is 32.2 Å². The summed E-state index contributed by atoms with van der Waals surface area (Å²) in [6.07, 6.45) is 5.91. The zero-order valence-corrected chi connectivity index (χ0v) is 15.2. The summed E-state index contributed by atoms with van der Waals surface area (Å²) in [6, 6.07) is 8.51. The monoisotopic (exact) mass is 343 g/mol. The van der Waals surface area contributed by atoms with E-state index in [0.29, 0.717) is 25.6 Å². The molecule has 2 aliphatic rings. The predicted octanol–water partition coefficient (Wildman–Crippen LogP) is 2.72. The van der Waals surface area contributed by atoms with Gasteiger partial charge < -0.3 is 15.1 Å². The van der Waals surface area contributed by atoms with Crippen molar-refractivity contribution in [3.05, 3.63) is 35.4 Å². The molecule has 1 N–H and O–H groups in total. The molecule has 1 saturated heterocycles. The van der Waals surface area contributed by atoms with E-state index in [1.54, 1.807) is 0 Å². The van der Waals surface area contributed by atoms with Gasteiger partial charge in [-0.15, -0.1) is 0 Å². The highest BCUT2D eigenvalue weighted by atomic mass is 16.2. The minimum atomic E-state index is 0.0414. The van der Waals surface area contributed by atoms with Gasteiger partial charge in [0.15, 0.2) is 0 Å². The van der Waals surface area contributed by atoms with Gasteiger partial charge in [-0.05, 0) is 31.7 Å². The molecule has 1 aliphatic carbocycles. The summed E-state index contributed by atoms with van der Waals surface area (Å²) in [7, 11) is 0. The van der Waals surface area contributed by atoms with Gasteiger partial charge in [-0.2, -0.15) is 0 Å². The normalized spacial score (nSPS) is 18.9. The molecule has 0 atom stereocenters. The number of hydrogen-bond acceptors (Lipinski definition) is 2. The lowest BCUT2D eigenvalue weighted by molar-refractivity contribution is -0.130. The minimum Gasteiger partial charge on any atom is -0.341 e. The van der Waals surface area contributed by atoms with Crippen LogP contribution in [0.2, 0.25) is 0 Å². The number of nitrogens with zero attached hydrogens (tertiary/aromatic N) is 2. The molecule has 1 aromatic rings. The third kappa shape index (κ3) is 4.97. The number of carbonyl (C=O) groups is 2. The Morgan fingerprint density at radius 1 is 0.960 bits per heavy atom. The Balaban J connectivity index is 1.49. The molecule has 0 bridgehead atoms. The average molecular weight is 343 g/mol. The lowest BCUT2D eigenvalue weighted by atomic mass is 10.1. The summed E-state index contributed by atoms with van der Waals surface area (Å²) in [4.78, 5) is 28.8. The van der Waals surface area contributed by atoms with Crippen LogP contribution in [0.15, 0.2) is 24.3 Å². The minimum absolute atomic E-state index is 0.0414. The molecule has 1 saturated carbocycles. The van der Waals surface area contributed by atoms with Crippen molar-refractivity contribution in [1.29, 1.82) is 0 Å². The number of hydrogen-bond donors (Lipinski definition) is 1. The summed E-state index contributed by atoms with van der Waals surface area (Å²) in [5, 5.41) is 3.15. The van der Waals surface area contributed by atoms with E-state index in [9.17, 15) is 9.59 Å². The molecule has 5 nitrogen and oxygen atoms in total. The predicted molar refractivity (Wildman–Crippen MR) is 98.4 cm³/mol. The Morgan fingerprint density at radius 3 is 2.32 bits per heavy atom. The molecular weight excluding hydrogens is 314 g/mol. The van der Waals surface area contributed by atoms with Gasteiger partial charge in [-0.3, -0.25) is 4.79 Å². The van der Waals surface area contributed by atoms with Crippen molar-refractivity contribution in [3.8, 4) is 0 Å². The Kier molecular flexibility index (Phi) is 5.95. The van der Waals surface area contributed by atoms with E-state index in [2.05, 4.69) is 5.32 Å². The van der Waals surface area contributed by atoms with Crippen LogP contribution in [0.4, 0.5) is 4.79 Å². The van der Waals surface area contributed by atoms with Gasteiger partial charge in [-0.25, -0.2) is 4.79 Å². The number of aryl methyl sites for hydroxylation is 1. The van der Waals surface area contributed by atoms with Gasteiger partial charge >= 0.3 is 6.03 Å². The quantitative estimate of drug-likeness (QED) is 0.917. The molecule has 1 aliphatic heterocycles. The Bertz CT molecular complexity index is 593. The third-order valence-electron chi connectivity index (χ3n) is 5.29. The topological polar surface area (TPSA) is 52.7 Å². The third-order valence-corrected chi connectivity index (χ3v) is 5.29. The van der Waals surface area contributed by atoms with Gasteiger partial charge in [0.1, 0.15) is 0 Å². The number of nitrogens with one attached hydrogen (secondary N) is 1. The van der Waals surface area contributed by atoms with Crippen molar-refractivity contribution in [2.24, 2.45) is 0 Å². The lowest BCUT2D eigenvalue weighted by Gasteiger charge is -2.24. The molecule has 0 spiro atoms. The molecule has 0 radical (unpaired) electrons. The summed E-state index contributed by atoms with van der Waals surface area (Å²) in [5.41, 5.74) is 2.26. The van der Waals surface area contributed by atoms with Gasteiger partial charge in [-0.1, -0.05) is 42.7 Å². The second-order valence-corrected chi connectivity index (χ2v) is 7.31. The van der Waals surface area contributed by atoms with Crippen LogP contribution in [0.25, 0.3) is 0 Å². The highest BCUT2D eigenvalue weighted by molar-refractivity contribution is 5.79. The number of benzene rings is 1. The van der Waals surface area contributed by atoms with E-state index < -0.39 is 0 Å². The molecule has 3 amide bonds. The van der Waals surface area contributed by atoms with Crippen molar-refractivity contribution in [2.75, 3.05) is 26.2 Å². The standard InChI is InChI=1S/C20H29N3O2/c1-16-7-9-17(10-8-16)15-19(24)22-11-4-12-23(14-13-22)20(25)21-18-5-2-3-6-18/h7-10,18H,2-6,11-15H2,1H3,(H,21,25). The second-order valence-electron chi connectivity index (χ2n) is 7.31. The maximum Gasteiger partial charge on any atom is 0.317 e. The fourth-order valence-electron chi connectivity index (χ4n) is 3.70. The Hall–Kier alpha value is -2.04.